The van der Waals surface area contributed by atoms with Crippen LogP contribution in [0.25, 0.3) is 0 Å². The average Bonchev–Trinajstić information content (AvgIpc) is 3.16. The molecule has 1 aliphatic rings. The van der Waals surface area contributed by atoms with E-state index in [0.717, 1.165) is 31.7 Å². The van der Waals surface area contributed by atoms with Crippen molar-refractivity contribution < 1.29 is 9.47 Å². The van der Waals surface area contributed by atoms with Gasteiger partial charge >= 0.3 is 0 Å². The highest BCUT2D eigenvalue weighted by molar-refractivity contribution is 5.92. The van der Waals surface area contributed by atoms with Crippen molar-refractivity contribution in [1.82, 2.24) is 0 Å². The van der Waals surface area contributed by atoms with Gasteiger partial charge in [-0.3, -0.25) is 4.99 Å². The summed E-state index contributed by atoms with van der Waals surface area (Å²) in [6.45, 7) is 2.79. The quantitative estimate of drug-likeness (QED) is 0.616. The minimum absolute atomic E-state index is 0.412. The van der Waals surface area contributed by atoms with Gasteiger partial charge in [-0.15, -0.1) is 0 Å². The number of methoxy groups -OCH3 is 2. The number of anilines is 2. The molecule has 1 heterocycles. The molecule has 3 rings (SSSR count). The van der Waals surface area contributed by atoms with Crippen molar-refractivity contribution in [3.63, 3.8) is 0 Å². The number of rotatable bonds is 6. The van der Waals surface area contributed by atoms with Crippen LogP contribution in [0, 0.1) is 5.92 Å². The Bertz CT molecular complexity index is 749. The molecule has 0 saturated carbocycles. The van der Waals surface area contributed by atoms with Crippen LogP contribution in [-0.4, -0.2) is 39.8 Å². The summed E-state index contributed by atoms with van der Waals surface area (Å²) < 4.78 is 10.5. The van der Waals surface area contributed by atoms with Gasteiger partial charge < -0.3 is 25.4 Å². The van der Waals surface area contributed by atoms with Gasteiger partial charge in [-0.2, -0.15) is 0 Å². The van der Waals surface area contributed by atoms with Crippen LogP contribution in [0.2, 0.25) is 0 Å². The first-order chi connectivity index (χ1) is 12.7. The topological polar surface area (TPSA) is 72.1 Å². The molecule has 0 amide bonds. The van der Waals surface area contributed by atoms with E-state index in [9.17, 15) is 0 Å². The van der Waals surface area contributed by atoms with Crippen LogP contribution in [0.5, 0.6) is 11.5 Å². The fourth-order valence-electron chi connectivity index (χ4n) is 3.18. The standard InChI is InChI=1S/C20H26N4O2/c1-25-18-9-8-16(12-19(18)26-2)23-20(21)22-13-15-10-11-24(14-15)17-6-4-3-5-7-17/h3-9,12,15H,10-11,13-14H2,1-2H3,(H3,21,22,23). The van der Waals surface area contributed by atoms with E-state index in [1.165, 1.54) is 5.69 Å². The molecule has 138 valence electrons. The summed E-state index contributed by atoms with van der Waals surface area (Å²) in [6, 6.07) is 16.1. The summed E-state index contributed by atoms with van der Waals surface area (Å²) in [6.07, 6.45) is 1.13. The van der Waals surface area contributed by atoms with Crippen LogP contribution >= 0.6 is 0 Å². The van der Waals surface area contributed by atoms with E-state index in [4.69, 9.17) is 15.2 Å². The fourth-order valence-corrected chi connectivity index (χ4v) is 3.18. The monoisotopic (exact) mass is 354 g/mol. The molecule has 1 aliphatic heterocycles. The van der Waals surface area contributed by atoms with Crippen LogP contribution in [0.1, 0.15) is 6.42 Å². The number of hydrogen-bond acceptors (Lipinski definition) is 4. The third kappa shape index (κ3) is 4.39. The third-order valence-electron chi connectivity index (χ3n) is 4.58. The Morgan fingerprint density at radius 2 is 1.92 bits per heavy atom. The highest BCUT2D eigenvalue weighted by Gasteiger charge is 2.22. The summed E-state index contributed by atoms with van der Waals surface area (Å²) in [4.78, 5) is 6.91. The Morgan fingerprint density at radius 1 is 1.15 bits per heavy atom. The molecule has 0 radical (unpaired) electrons. The molecule has 1 saturated heterocycles. The molecular weight excluding hydrogens is 328 g/mol. The summed E-state index contributed by atoms with van der Waals surface area (Å²) in [5.74, 6) is 2.26. The average molecular weight is 354 g/mol. The van der Waals surface area contributed by atoms with Gasteiger partial charge in [0, 0.05) is 37.1 Å². The summed E-state index contributed by atoms with van der Waals surface area (Å²) >= 11 is 0. The van der Waals surface area contributed by atoms with Gasteiger partial charge in [-0.1, -0.05) is 18.2 Å². The normalized spacial score (nSPS) is 17.2. The molecule has 2 aromatic rings. The Kier molecular flexibility index (Phi) is 5.84. The lowest BCUT2D eigenvalue weighted by Gasteiger charge is -2.18. The molecule has 1 fully saturated rings. The fraction of sp³-hybridized carbons (Fsp3) is 0.350. The van der Waals surface area contributed by atoms with Crippen LogP contribution in [0.3, 0.4) is 0 Å². The molecule has 0 aromatic heterocycles. The largest absolute Gasteiger partial charge is 0.493 e. The highest BCUT2D eigenvalue weighted by atomic mass is 16.5. The van der Waals surface area contributed by atoms with E-state index in [-0.39, 0.29) is 0 Å². The van der Waals surface area contributed by atoms with Crippen LogP contribution in [0.15, 0.2) is 53.5 Å². The number of nitrogens with zero attached hydrogens (tertiary/aromatic N) is 2. The molecule has 1 atom stereocenters. The van der Waals surface area contributed by atoms with Crippen molar-refractivity contribution in [2.45, 2.75) is 6.42 Å². The molecule has 0 bridgehead atoms. The van der Waals surface area contributed by atoms with Crippen molar-refractivity contribution in [2.24, 2.45) is 16.6 Å². The van der Waals surface area contributed by atoms with E-state index in [1.54, 1.807) is 14.2 Å². The number of para-hydroxylation sites is 1. The zero-order valence-electron chi connectivity index (χ0n) is 15.3. The Labute approximate surface area is 154 Å². The van der Waals surface area contributed by atoms with Crippen LogP contribution in [0.4, 0.5) is 11.4 Å². The molecule has 2 aromatic carbocycles. The Hall–Kier alpha value is -2.89. The number of nitrogens with two attached hydrogens (primary N) is 1. The van der Waals surface area contributed by atoms with Crippen molar-refractivity contribution in [3.05, 3.63) is 48.5 Å². The lowest BCUT2D eigenvalue weighted by molar-refractivity contribution is 0.355. The van der Waals surface area contributed by atoms with Gasteiger partial charge in [0.25, 0.3) is 0 Å². The van der Waals surface area contributed by atoms with E-state index in [1.807, 2.05) is 24.3 Å². The zero-order valence-corrected chi connectivity index (χ0v) is 15.3. The van der Waals surface area contributed by atoms with Crippen molar-refractivity contribution in [3.8, 4) is 11.5 Å². The molecule has 0 spiro atoms. The summed E-state index contributed by atoms with van der Waals surface area (Å²) in [5, 5.41) is 3.11. The number of hydrogen-bond donors (Lipinski definition) is 2. The van der Waals surface area contributed by atoms with Gasteiger partial charge in [0.05, 0.1) is 14.2 Å². The first-order valence-electron chi connectivity index (χ1n) is 8.78. The second-order valence-electron chi connectivity index (χ2n) is 6.36. The van der Waals surface area contributed by atoms with Gasteiger partial charge in [0.1, 0.15) is 0 Å². The van der Waals surface area contributed by atoms with E-state index >= 15 is 0 Å². The molecule has 6 heteroatoms. The van der Waals surface area contributed by atoms with E-state index in [0.29, 0.717) is 23.4 Å². The maximum Gasteiger partial charge on any atom is 0.193 e. The van der Waals surface area contributed by atoms with Crippen molar-refractivity contribution in [1.29, 1.82) is 0 Å². The lowest BCUT2D eigenvalue weighted by Crippen LogP contribution is -2.25. The smallest absolute Gasteiger partial charge is 0.193 e. The molecule has 1 unspecified atom stereocenters. The molecule has 3 N–H and O–H groups in total. The third-order valence-corrected chi connectivity index (χ3v) is 4.58. The number of guanidine groups is 1. The SMILES string of the molecule is COc1ccc(NC(N)=NCC2CCN(c3ccccc3)C2)cc1OC. The second kappa shape index (κ2) is 8.47. The minimum Gasteiger partial charge on any atom is -0.493 e. The number of aliphatic imine (C=N–C) groups is 1. The molecule has 0 aliphatic carbocycles. The van der Waals surface area contributed by atoms with Gasteiger partial charge in [0.15, 0.2) is 17.5 Å². The van der Waals surface area contributed by atoms with Gasteiger partial charge in [0.2, 0.25) is 0 Å². The molecular formula is C20H26N4O2. The van der Waals surface area contributed by atoms with Gasteiger partial charge in [-0.25, -0.2) is 0 Å². The van der Waals surface area contributed by atoms with Gasteiger partial charge in [-0.05, 0) is 36.6 Å². The summed E-state index contributed by atoms with van der Waals surface area (Å²) in [5.41, 5.74) is 8.14. The second-order valence-corrected chi connectivity index (χ2v) is 6.36. The number of nitrogens with one attached hydrogen (secondary N) is 1. The lowest BCUT2D eigenvalue weighted by atomic mass is 10.1. The van der Waals surface area contributed by atoms with Crippen LogP contribution in [-0.2, 0) is 0 Å². The first kappa shape index (κ1) is 17.9. The molecule has 6 nitrogen and oxygen atoms in total. The highest BCUT2D eigenvalue weighted by Crippen LogP contribution is 2.29. The first-order valence-corrected chi connectivity index (χ1v) is 8.78. The van der Waals surface area contributed by atoms with Crippen molar-refractivity contribution >= 4 is 17.3 Å². The predicted molar refractivity (Wildman–Crippen MR) is 106 cm³/mol. The Balaban J connectivity index is 1.54. The summed E-state index contributed by atoms with van der Waals surface area (Å²) in [7, 11) is 3.22. The maximum absolute atomic E-state index is 6.04. The number of ether oxygens (including phenoxy) is 2. The minimum atomic E-state index is 0.412. The Morgan fingerprint density at radius 3 is 2.65 bits per heavy atom. The van der Waals surface area contributed by atoms with E-state index < -0.39 is 0 Å². The number of benzene rings is 2. The zero-order chi connectivity index (χ0) is 18.4. The van der Waals surface area contributed by atoms with Crippen molar-refractivity contribution in [2.75, 3.05) is 44.1 Å². The predicted octanol–water partition coefficient (Wildman–Crippen LogP) is 2.96. The maximum atomic E-state index is 6.04. The molecule has 26 heavy (non-hydrogen) atoms. The van der Waals surface area contributed by atoms with Crippen LogP contribution < -0.4 is 25.4 Å². The van der Waals surface area contributed by atoms with E-state index in [2.05, 4.69) is 39.5 Å².